The minimum Gasteiger partial charge on any atom is -0.481 e. The molecule has 1 heterocycles. The maximum atomic E-state index is 12.2. The van der Waals surface area contributed by atoms with Gasteiger partial charge in [-0.25, -0.2) is 0 Å². The van der Waals surface area contributed by atoms with Crippen LogP contribution in [0.3, 0.4) is 0 Å². The number of piperidine rings is 1. The van der Waals surface area contributed by atoms with Gasteiger partial charge >= 0.3 is 5.97 Å². The molecular weight excluding hydrogens is 266 g/mol. The zero-order valence-corrected chi connectivity index (χ0v) is 12.9. The summed E-state index contributed by atoms with van der Waals surface area (Å²) in [7, 11) is 0. The molecule has 21 heavy (non-hydrogen) atoms. The summed E-state index contributed by atoms with van der Waals surface area (Å²) < 4.78 is 0. The minimum atomic E-state index is -0.813. The Morgan fingerprint density at radius 1 is 1.33 bits per heavy atom. The average Bonchev–Trinajstić information content (AvgIpc) is 2.44. The number of likely N-dealkylation sites (tertiary alicyclic amines) is 1. The van der Waals surface area contributed by atoms with Gasteiger partial charge in [-0.2, -0.15) is 0 Å². The highest BCUT2D eigenvalue weighted by atomic mass is 16.4. The molecule has 0 aromatic heterocycles. The lowest BCUT2D eigenvalue weighted by Crippen LogP contribution is -2.45. The second-order valence-corrected chi connectivity index (χ2v) is 5.86. The second kappa shape index (κ2) is 6.29. The van der Waals surface area contributed by atoms with E-state index in [2.05, 4.69) is 0 Å². The van der Waals surface area contributed by atoms with E-state index in [1.807, 2.05) is 39.0 Å². The van der Waals surface area contributed by atoms with Gasteiger partial charge in [-0.3, -0.25) is 9.59 Å². The molecule has 1 fully saturated rings. The molecule has 1 aliphatic rings. The molecule has 2 unspecified atom stereocenters. The normalized spacial score (nSPS) is 22.4. The SMILES string of the molecule is CCCN1C(=O)CCC(C(=O)O)C1c1ccc(C)c(C)c1. The molecule has 1 amide bonds. The van der Waals surface area contributed by atoms with E-state index in [9.17, 15) is 14.7 Å². The second-order valence-electron chi connectivity index (χ2n) is 5.86. The maximum absolute atomic E-state index is 12.2. The van der Waals surface area contributed by atoms with Gasteiger partial charge in [0.2, 0.25) is 5.91 Å². The number of carbonyl (C=O) groups is 2. The summed E-state index contributed by atoms with van der Waals surface area (Å²) in [5, 5.41) is 9.53. The first-order chi connectivity index (χ1) is 9.95. The fourth-order valence-electron chi connectivity index (χ4n) is 3.08. The molecule has 1 aromatic carbocycles. The Kier molecular flexibility index (Phi) is 4.66. The molecule has 4 heteroatoms. The monoisotopic (exact) mass is 289 g/mol. The number of aliphatic carboxylic acids is 1. The Morgan fingerprint density at radius 3 is 2.62 bits per heavy atom. The van der Waals surface area contributed by atoms with Crippen LogP contribution in [0, 0.1) is 19.8 Å². The third kappa shape index (κ3) is 3.09. The van der Waals surface area contributed by atoms with Crippen molar-refractivity contribution in [2.45, 2.75) is 46.1 Å². The first-order valence-corrected chi connectivity index (χ1v) is 7.55. The van der Waals surface area contributed by atoms with Crippen LogP contribution < -0.4 is 0 Å². The highest BCUT2D eigenvalue weighted by Crippen LogP contribution is 2.37. The van der Waals surface area contributed by atoms with Gasteiger partial charge < -0.3 is 10.0 Å². The van der Waals surface area contributed by atoms with Crippen LogP contribution in [0.15, 0.2) is 18.2 Å². The number of carboxylic acid groups (broad SMARTS) is 1. The van der Waals surface area contributed by atoms with Gasteiger partial charge in [0.05, 0.1) is 12.0 Å². The van der Waals surface area contributed by atoms with Crippen molar-refractivity contribution in [1.82, 2.24) is 4.90 Å². The molecule has 0 spiro atoms. The fraction of sp³-hybridized carbons (Fsp3) is 0.529. The lowest BCUT2D eigenvalue weighted by molar-refractivity contribution is -0.152. The number of hydrogen-bond donors (Lipinski definition) is 1. The van der Waals surface area contributed by atoms with E-state index in [0.29, 0.717) is 19.4 Å². The number of aryl methyl sites for hydroxylation is 2. The van der Waals surface area contributed by atoms with Crippen molar-refractivity contribution >= 4 is 11.9 Å². The summed E-state index contributed by atoms with van der Waals surface area (Å²) in [6.07, 6.45) is 1.59. The predicted molar refractivity (Wildman–Crippen MR) is 81.0 cm³/mol. The van der Waals surface area contributed by atoms with Crippen LogP contribution in [0.25, 0.3) is 0 Å². The Balaban J connectivity index is 2.45. The number of benzene rings is 1. The number of hydrogen-bond acceptors (Lipinski definition) is 2. The van der Waals surface area contributed by atoms with Crippen LogP contribution in [0.2, 0.25) is 0 Å². The van der Waals surface area contributed by atoms with E-state index >= 15 is 0 Å². The van der Waals surface area contributed by atoms with Crippen LogP contribution in [-0.2, 0) is 9.59 Å². The van der Waals surface area contributed by atoms with E-state index in [1.165, 1.54) is 5.56 Å². The summed E-state index contributed by atoms with van der Waals surface area (Å²) in [4.78, 5) is 25.6. The molecule has 2 atom stereocenters. The molecule has 114 valence electrons. The van der Waals surface area contributed by atoms with Crippen molar-refractivity contribution in [3.63, 3.8) is 0 Å². The largest absolute Gasteiger partial charge is 0.481 e. The van der Waals surface area contributed by atoms with Crippen LogP contribution in [-0.4, -0.2) is 28.4 Å². The Bertz CT molecular complexity index is 553. The zero-order valence-electron chi connectivity index (χ0n) is 12.9. The van der Waals surface area contributed by atoms with E-state index < -0.39 is 11.9 Å². The van der Waals surface area contributed by atoms with Crippen molar-refractivity contribution < 1.29 is 14.7 Å². The molecule has 1 aromatic rings. The molecule has 1 aliphatic heterocycles. The standard InChI is InChI=1S/C17H23NO3/c1-4-9-18-15(19)8-7-14(17(20)21)16(18)13-6-5-11(2)12(3)10-13/h5-6,10,14,16H,4,7-9H2,1-3H3,(H,20,21). The molecule has 4 nitrogen and oxygen atoms in total. The molecule has 1 N–H and O–H groups in total. The quantitative estimate of drug-likeness (QED) is 0.926. The van der Waals surface area contributed by atoms with Gasteiger partial charge in [0, 0.05) is 13.0 Å². The predicted octanol–water partition coefficient (Wildman–Crippen LogP) is 3.08. The third-order valence-corrected chi connectivity index (χ3v) is 4.36. The summed E-state index contributed by atoms with van der Waals surface area (Å²) in [5.74, 6) is -1.26. The van der Waals surface area contributed by atoms with Gasteiger partial charge in [0.15, 0.2) is 0 Å². The molecule has 2 rings (SSSR count). The highest BCUT2D eigenvalue weighted by molar-refractivity contribution is 5.81. The van der Waals surface area contributed by atoms with Crippen LogP contribution in [0.1, 0.15) is 48.9 Å². The molecule has 1 saturated heterocycles. The van der Waals surface area contributed by atoms with Crippen molar-refractivity contribution in [1.29, 1.82) is 0 Å². The van der Waals surface area contributed by atoms with Crippen LogP contribution in [0.4, 0.5) is 0 Å². The van der Waals surface area contributed by atoms with Gasteiger partial charge in [-0.1, -0.05) is 25.1 Å². The zero-order chi connectivity index (χ0) is 15.6. The number of amides is 1. The van der Waals surface area contributed by atoms with Crippen molar-refractivity contribution in [3.05, 3.63) is 34.9 Å². The Labute approximate surface area is 125 Å². The number of carboxylic acids is 1. The molecule has 0 aliphatic carbocycles. The summed E-state index contributed by atoms with van der Waals surface area (Å²) in [6, 6.07) is 5.65. The first kappa shape index (κ1) is 15.5. The summed E-state index contributed by atoms with van der Waals surface area (Å²) in [6.45, 7) is 6.67. The smallest absolute Gasteiger partial charge is 0.308 e. The van der Waals surface area contributed by atoms with Crippen LogP contribution in [0.5, 0.6) is 0 Å². The van der Waals surface area contributed by atoms with Gasteiger partial charge in [0.1, 0.15) is 0 Å². The third-order valence-electron chi connectivity index (χ3n) is 4.36. The molecular formula is C17H23NO3. The lowest BCUT2D eigenvalue weighted by Gasteiger charge is -2.40. The summed E-state index contributed by atoms with van der Waals surface area (Å²) in [5.41, 5.74) is 3.24. The van der Waals surface area contributed by atoms with Gasteiger partial charge in [-0.05, 0) is 43.4 Å². The van der Waals surface area contributed by atoms with E-state index in [4.69, 9.17) is 0 Å². The molecule has 0 radical (unpaired) electrons. The van der Waals surface area contributed by atoms with Crippen molar-refractivity contribution in [2.24, 2.45) is 5.92 Å². The van der Waals surface area contributed by atoms with Crippen LogP contribution >= 0.6 is 0 Å². The van der Waals surface area contributed by atoms with Crippen molar-refractivity contribution in [3.8, 4) is 0 Å². The first-order valence-electron chi connectivity index (χ1n) is 7.55. The summed E-state index contributed by atoms with van der Waals surface area (Å²) >= 11 is 0. The Hall–Kier alpha value is -1.84. The maximum Gasteiger partial charge on any atom is 0.308 e. The highest BCUT2D eigenvalue weighted by Gasteiger charge is 2.40. The number of nitrogens with zero attached hydrogens (tertiary/aromatic N) is 1. The number of carbonyl (C=O) groups excluding carboxylic acids is 1. The van der Waals surface area contributed by atoms with Gasteiger partial charge in [0.25, 0.3) is 0 Å². The van der Waals surface area contributed by atoms with E-state index in [1.54, 1.807) is 4.90 Å². The molecule has 0 bridgehead atoms. The minimum absolute atomic E-state index is 0.0672. The van der Waals surface area contributed by atoms with Gasteiger partial charge in [-0.15, -0.1) is 0 Å². The lowest BCUT2D eigenvalue weighted by atomic mass is 9.83. The number of rotatable bonds is 4. The topological polar surface area (TPSA) is 57.6 Å². The van der Waals surface area contributed by atoms with Crippen molar-refractivity contribution in [2.75, 3.05) is 6.54 Å². The fourth-order valence-corrected chi connectivity index (χ4v) is 3.08. The van der Waals surface area contributed by atoms with E-state index in [0.717, 1.165) is 17.5 Å². The Morgan fingerprint density at radius 2 is 2.05 bits per heavy atom. The molecule has 0 saturated carbocycles. The van der Waals surface area contributed by atoms with E-state index in [-0.39, 0.29) is 11.9 Å². The average molecular weight is 289 g/mol.